The van der Waals surface area contributed by atoms with Gasteiger partial charge in [0.1, 0.15) is 5.75 Å². The molecule has 1 aliphatic carbocycles. The molecule has 1 aliphatic heterocycles. The van der Waals surface area contributed by atoms with Crippen molar-refractivity contribution < 1.29 is 14.3 Å². The van der Waals surface area contributed by atoms with Crippen LogP contribution in [0.1, 0.15) is 45.4 Å². The highest BCUT2D eigenvalue weighted by Crippen LogP contribution is 2.31. The van der Waals surface area contributed by atoms with Crippen molar-refractivity contribution in [2.75, 3.05) is 32.5 Å². The Morgan fingerprint density at radius 2 is 1.79 bits per heavy atom. The van der Waals surface area contributed by atoms with E-state index >= 15 is 0 Å². The molecule has 39 heavy (non-hydrogen) atoms. The van der Waals surface area contributed by atoms with Crippen LogP contribution in [-0.2, 0) is 9.59 Å². The number of carbonyl (C=O) groups excluding carboxylic acids is 2. The zero-order chi connectivity index (χ0) is 27.2. The number of nitrogens with zero attached hydrogens (tertiary/aromatic N) is 5. The summed E-state index contributed by atoms with van der Waals surface area (Å²) in [6.07, 6.45) is 6.77. The van der Waals surface area contributed by atoms with Crippen molar-refractivity contribution >= 4 is 23.6 Å². The van der Waals surface area contributed by atoms with Gasteiger partial charge in [-0.05, 0) is 43.5 Å². The van der Waals surface area contributed by atoms with Crippen molar-refractivity contribution in [2.24, 2.45) is 5.92 Å². The SMILES string of the molecule is COc1cccc(-c2nnc(SCC(=O)N3CCN(C(=O)CCC4CCCC4)C(C)C3)n2-c2ccccc2)c1. The number of hydrogen-bond acceptors (Lipinski definition) is 6. The first-order valence-electron chi connectivity index (χ1n) is 13.9. The Bertz CT molecular complexity index is 1270. The van der Waals surface area contributed by atoms with Gasteiger partial charge in [0, 0.05) is 43.3 Å². The number of piperazine rings is 1. The number of rotatable bonds is 9. The van der Waals surface area contributed by atoms with Crippen molar-refractivity contribution in [2.45, 2.75) is 56.6 Å². The molecule has 8 nitrogen and oxygen atoms in total. The summed E-state index contributed by atoms with van der Waals surface area (Å²) in [6.45, 7) is 3.78. The molecule has 2 aromatic carbocycles. The zero-order valence-corrected chi connectivity index (χ0v) is 23.6. The van der Waals surface area contributed by atoms with Gasteiger partial charge < -0.3 is 14.5 Å². The summed E-state index contributed by atoms with van der Waals surface area (Å²) in [5, 5.41) is 9.59. The summed E-state index contributed by atoms with van der Waals surface area (Å²) in [6, 6.07) is 17.7. The Morgan fingerprint density at radius 1 is 1.00 bits per heavy atom. The third-order valence-corrected chi connectivity index (χ3v) is 8.76. The number of para-hydroxylation sites is 1. The molecular formula is C30H37N5O3S. The molecule has 1 aromatic heterocycles. The number of hydrogen-bond donors (Lipinski definition) is 0. The second-order valence-electron chi connectivity index (χ2n) is 10.5. The lowest BCUT2D eigenvalue weighted by atomic mass is 10.0. The molecule has 2 amide bonds. The molecule has 0 N–H and O–H groups in total. The average molecular weight is 548 g/mol. The van der Waals surface area contributed by atoms with Crippen molar-refractivity contribution in [3.05, 3.63) is 54.6 Å². The molecule has 2 aliphatic rings. The molecule has 2 heterocycles. The lowest BCUT2D eigenvalue weighted by Crippen LogP contribution is -2.55. The molecule has 1 unspecified atom stereocenters. The van der Waals surface area contributed by atoms with E-state index in [4.69, 9.17) is 4.74 Å². The number of methoxy groups -OCH3 is 1. The van der Waals surface area contributed by atoms with E-state index in [0.717, 1.165) is 23.4 Å². The van der Waals surface area contributed by atoms with E-state index in [1.165, 1.54) is 37.4 Å². The number of amides is 2. The van der Waals surface area contributed by atoms with Crippen LogP contribution >= 0.6 is 11.8 Å². The van der Waals surface area contributed by atoms with Crippen LogP contribution in [0.4, 0.5) is 0 Å². The molecule has 1 saturated heterocycles. The van der Waals surface area contributed by atoms with Crippen molar-refractivity contribution in [1.82, 2.24) is 24.6 Å². The largest absolute Gasteiger partial charge is 0.497 e. The Morgan fingerprint density at radius 3 is 2.54 bits per heavy atom. The van der Waals surface area contributed by atoms with E-state index in [1.807, 2.05) is 75.9 Å². The topological polar surface area (TPSA) is 80.6 Å². The maximum Gasteiger partial charge on any atom is 0.233 e. The van der Waals surface area contributed by atoms with Gasteiger partial charge in [-0.2, -0.15) is 0 Å². The first-order chi connectivity index (χ1) is 19.0. The van der Waals surface area contributed by atoms with E-state index in [1.54, 1.807) is 7.11 Å². The maximum atomic E-state index is 13.2. The minimum Gasteiger partial charge on any atom is -0.497 e. The number of thioether (sulfide) groups is 1. The van der Waals surface area contributed by atoms with Crippen LogP contribution in [0.15, 0.2) is 59.8 Å². The van der Waals surface area contributed by atoms with Gasteiger partial charge in [0.2, 0.25) is 11.8 Å². The Labute approximate surface area is 234 Å². The summed E-state index contributed by atoms with van der Waals surface area (Å²) in [7, 11) is 1.64. The minimum atomic E-state index is 0.0245. The third-order valence-electron chi connectivity index (χ3n) is 7.84. The molecule has 0 radical (unpaired) electrons. The highest BCUT2D eigenvalue weighted by molar-refractivity contribution is 7.99. The molecule has 1 atom stereocenters. The van der Waals surface area contributed by atoms with Gasteiger partial charge in [-0.15, -0.1) is 10.2 Å². The molecule has 1 saturated carbocycles. The Balaban J connectivity index is 1.23. The van der Waals surface area contributed by atoms with Crippen molar-refractivity contribution in [1.29, 1.82) is 0 Å². The predicted molar refractivity (Wildman–Crippen MR) is 153 cm³/mol. The number of ether oxygens (including phenoxy) is 1. The second kappa shape index (κ2) is 12.7. The van der Waals surface area contributed by atoms with Crippen LogP contribution in [-0.4, -0.2) is 74.9 Å². The van der Waals surface area contributed by atoms with Crippen LogP contribution in [0.3, 0.4) is 0 Å². The van der Waals surface area contributed by atoms with Gasteiger partial charge in [-0.25, -0.2) is 0 Å². The molecule has 9 heteroatoms. The summed E-state index contributed by atoms with van der Waals surface area (Å²) in [5.41, 5.74) is 1.81. The fourth-order valence-corrected chi connectivity index (χ4v) is 6.52. The average Bonchev–Trinajstić information content (AvgIpc) is 3.65. The molecule has 206 valence electrons. The highest BCUT2D eigenvalue weighted by Gasteiger charge is 2.30. The van der Waals surface area contributed by atoms with Crippen molar-refractivity contribution in [3.8, 4) is 22.8 Å². The van der Waals surface area contributed by atoms with E-state index in [0.29, 0.717) is 43.0 Å². The van der Waals surface area contributed by atoms with Gasteiger partial charge in [0.25, 0.3) is 0 Å². The smallest absolute Gasteiger partial charge is 0.233 e. The first-order valence-corrected chi connectivity index (χ1v) is 14.9. The Hall–Kier alpha value is -3.33. The van der Waals surface area contributed by atoms with Crippen LogP contribution in [0.2, 0.25) is 0 Å². The van der Waals surface area contributed by atoms with Crippen LogP contribution in [0.25, 0.3) is 17.1 Å². The highest BCUT2D eigenvalue weighted by atomic mass is 32.2. The fraction of sp³-hybridized carbons (Fsp3) is 0.467. The van der Waals surface area contributed by atoms with Gasteiger partial charge in [0.05, 0.1) is 12.9 Å². The summed E-state index contributed by atoms with van der Waals surface area (Å²) < 4.78 is 7.39. The molecule has 0 bridgehead atoms. The maximum absolute atomic E-state index is 13.2. The minimum absolute atomic E-state index is 0.0245. The molecule has 3 aromatic rings. The number of carbonyl (C=O) groups is 2. The number of benzene rings is 2. The molecule has 5 rings (SSSR count). The van der Waals surface area contributed by atoms with Crippen LogP contribution < -0.4 is 4.74 Å². The quantitative estimate of drug-likeness (QED) is 0.348. The summed E-state index contributed by atoms with van der Waals surface area (Å²) in [5.74, 6) is 2.68. The lowest BCUT2D eigenvalue weighted by Gasteiger charge is -2.40. The molecule has 2 fully saturated rings. The standard InChI is InChI=1S/C30H37N5O3S/c1-22-20-33(17-18-34(22)27(36)16-15-23-9-6-7-10-23)28(37)21-39-30-32-31-29(24-11-8-14-26(19-24)38-2)35(30)25-12-4-3-5-13-25/h3-5,8,11-14,19,22-23H,6-7,9-10,15-18,20-21H2,1-2H3. The van der Waals surface area contributed by atoms with Crippen LogP contribution in [0, 0.1) is 5.92 Å². The van der Waals surface area contributed by atoms with E-state index in [9.17, 15) is 9.59 Å². The predicted octanol–water partition coefficient (Wildman–Crippen LogP) is 5.06. The molecular weight excluding hydrogens is 510 g/mol. The summed E-state index contributed by atoms with van der Waals surface area (Å²) >= 11 is 1.39. The van der Waals surface area contributed by atoms with Gasteiger partial charge in [-0.1, -0.05) is 67.8 Å². The van der Waals surface area contributed by atoms with Crippen LogP contribution in [0.5, 0.6) is 5.75 Å². The van der Waals surface area contributed by atoms with Crippen molar-refractivity contribution in [3.63, 3.8) is 0 Å². The van der Waals surface area contributed by atoms with Gasteiger partial charge in [0.15, 0.2) is 11.0 Å². The second-order valence-corrected chi connectivity index (χ2v) is 11.4. The zero-order valence-electron chi connectivity index (χ0n) is 22.8. The first kappa shape index (κ1) is 27.2. The summed E-state index contributed by atoms with van der Waals surface area (Å²) in [4.78, 5) is 30.0. The van der Waals surface area contributed by atoms with Gasteiger partial charge >= 0.3 is 0 Å². The normalized spacial score (nSPS) is 17.9. The van der Waals surface area contributed by atoms with E-state index in [2.05, 4.69) is 10.2 Å². The van der Waals surface area contributed by atoms with E-state index < -0.39 is 0 Å². The Kier molecular flexibility index (Phi) is 8.86. The van der Waals surface area contributed by atoms with E-state index in [-0.39, 0.29) is 23.6 Å². The molecule has 0 spiro atoms. The third kappa shape index (κ3) is 6.46. The monoisotopic (exact) mass is 547 g/mol. The van der Waals surface area contributed by atoms with Gasteiger partial charge in [-0.3, -0.25) is 14.2 Å². The fourth-order valence-electron chi connectivity index (χ4n) is 5.66. The lowest BCUT2D eigenvalue weighted by molar-refractivity contribution is -0.141. The number of aromatic nitrogens is 3.